The van der Waals surface area contributed by atoms with Crippen molar-refractivity contribution in [2.45, 2.75) is 32.2 Å². The summed E-state index contributed by atoms with van der Waals surface area (Å²) in [4.78, 5) is 42.8. The number of nitrogens with zero attached hydrogens (tertiary/aromatic N) is 2. The molecule has 0 saturated carbocycles. The fourth-order valence-corrected chi connectivity index (χ4v) is 6.34. The molecule has 1 amide bonds. The van der Waals surface area contributed by atoms with Gasteiger partial charge in [0, 0.05) is 57.0 Å². The summed E-state index contributed by atoms with van der Waals surface area (Å²) >= 11 is 0. The number of amides is 1. The van der Waals surface area contributed by atoms with Gasteiger partial charge in [0.2, 0.25) is 0 Å². The second kappa shape index (κ2) is 8.81. The van der Waals surface area contributed by atoms with Crippen molar-refractivity contribution < 1.29 is 29.7 Å². The van der Waals surface area contributed by atoms with Gasteiger partial charge in [-0.1, -0.05) is 12.2 Å². The van der Waals surface area contributed by atoms with E-state index >= 15 is 0 Å². The van der Waals surface area contributed by atoms with E-state index in [1.54, 1.807) is 0 Å². The second-order valence-electron chi connectivity index (χ2n) is 10.4. The van der Waals surface area contributed by atoms with Crippen LogP contribution in [0.1, 0.15) is 40.7 Å². The third-order valence-corrected chi connectivity index (χ3v) is 7.96. The van der Waals surface area contributed by atoms with E-state index in [9.17, 15) is 29.7 Å². The summed E-state index contributed by atoms with van der Waals surface area (Å²) < 4.78 is 0. The number of rotatable bonds is 4. The summed E-state index contributed by atoms with van der Waals surface area (Å²) in [5.41, 5.74) is 7.24. The molecule has 3 unspecified atom stereocenters. The maximum atomic E-state index is 13.9. The van der Waals surface area contributed by atoms with Gasteiger partial charge in [-0.25, -0.2) is 0 Å². The standard InChI is InChI=1S/C27H31N3O6/c1-29(2)17-10-15(12-30-6-4-3-5-7-30)23(32)21-16(17)9-13-8-14-11-18(31)22(27(28)36)26(35)20(14)24(33)19(13)25(21)34/h3-4,10,13-14,20,31-33H,5-9,11-12H2,1-2H3,(H2,28,36). The summed E-state index contributed by atoms with van der Waals surface area (Å²) in [5, 5.41) is 32.8. The molecule has 3 aliphatic carbocycles. The highest BCUT2D eigenvalue weighted by molar-refractivity contribution is 6.22. The molecule has 5 N–H and O–H groups in total. The maximum Gasteiger partial charge on any atom is 0.255 e. The van der Waals surface area contributed by atoms with Gasteiger partial charge >= 0.3 is 0 Å². The van der Waals surface area contributed by atoms with Crippen LogP contribution in [0.5, 0.6) is 5.75 Å². The van der Waals surface area contributed by atoms with E-state index in [1.807, 2.05) is 25.1 Å². The lowest BCUT2D eigenvalue weighted by molar-refractivity contribution is -0.126. The van der Waals surface area contributed by atoms with Crippen molar-refractivity contribution in [2.75, 3.05) is 32.1 Å². The van der Waals surface area contributed by atoms with Gasteiger partial charge in [0.1, 0.15) is 22.8 Å². The van der Waals surface area contributed by atoms with E-state index in [4.69, 9.17) is 5.73 Å². The molecule has 1 aromatic carbocycles. The van der Waals surface area contributed by atoms with Crippen molar-refractivity contribution in [1.82, 2.24) is 4.90 Å². The molecule has 0 spiro atoms. The van der Waals surface area contributed by atoms with Crippen molar-refractivity contribution in [3.63, 3.8) is 0 Å². The molecule has 0 saturated heterocycles. The highest BCUT2D eigenvalue weighted by Gasteiger charge is 2.50. The summed E-state index contributed by atoms with van der Waals surface area (Å²) in [6, 6.07) is 1.93. The van der Waals surface area contributed by atoms with Crippen molar-refractivity contribution in [2.24, 2.45) is 23.5 Å². The fourth-order valence-electron chi connectivity index (χ4n) is 6.34. The van der Waals surface area contributed by atoms with Gasteiger partial charge < -0.3 is 26.0 Å². The van der Waals surface area contributed by atoms with Crippen LogP contribution in [0.4, 0.5) is 5.69 Å². The lowest BCUT2D eigenvalue weighted by Crippen LogP contribution is -2.43. The number of carbonyl (C=O) groups excluding carboxylic acids is 3. The van der Waals surface area contributed by atoms with Gasteiger partial charge in [-0.15, -0.1) is 0 Å². The number of hydrogen-bond acceptors (Lipinski definition) is 8. The number of carbonyl (C=O) groups is 3. The van der Waals surface area contributed by atoms with E-state index in [1.165, 1.54) is 0 Å². The number of aromatic hydroxyl groups is 1. The molecule has 0 aromatic heterocycles. The Morgan fingerprint density at radius 1 is 1.17 bits per heavy atom. The Morgan fingerprint density at radius 3 is 2.56 bits per heavy atom. The number of anilines is 1. The first kappa shape index (κ1) is 24.1. The minimum Gasteiger partial charge on any atom is -0.511 e. The summed E-state index contributed by atoms with van der Waals surface area (Å²) in [6.07, 6.45) is 5.93. The molecule has 3 atom stereocenters. The van der Waals surface area contributed by atoms with Crippen LogP contribution >= 0.6 is 0 Å². The molecular weight excluding hydrogens is 462 g/mol. The maximum absolute atomic E-state index is 13.9. The summed E-state index contributed by atoms with van der Waals surface area (Å²) in [5.74, 6) is -5.09. The van der Waals surface area contributed by atoms with Crippen molar-refractivity contribution in [3.05, 3.63) is 57.6 Å². The minimum absolute atomic E-state index is 0.0264. The first-order chi connectivity index (χ1) is 17.1. The highest BCUT2D eigenvalue weighted by atomic mass is 16.3. The number of primary amides is 1. The minimum atomic E-state index is -1.11. The average molecular weight is 494 g/mol. The Kier molecular flexibility index (Phi) is 5.90. The normalized spacial score (nSPS) is 26.0. The number of aliphatic hydroxyl groups is 2. The lowest BCUT2D eigenvalue weighted by Gasteiger charge is -2.41. The number of fused-ring (bicyclic) bond motifs is 3. The van der Waals surface area contributed by atoms with Gasteiger partial charge in [0.05, 0.1) is 11.5 Å². The molecule has 1 heterocycles. The third-order valence-electron chi connectivity index (χ3n) is 7.96. The number of nitrogens with two attached hydrogens (primary N) is 1. The Labute approximate surface area is 209 Å². The molecule has 9 heteroatoms. The number of aliphatic hydroxyl groups excluding tert-OH is 2. The van der Waals surface area contributed by atoms with Crippen molar-refractivity contribution in [1.29, 1.82) is 0 Å². The predicted octanol–water partition coefficient (Wildman–Crippen LogP) is 2.29. The van der Waals surface area contributed by atoms with Crippen LogP contribution in [0.3, 0.4) is 0 Å². The van der Waals surface area contributed by atoms with Crippen LogP contribution in [-0.4, -0.2) is 64.9 Å². The number of allylic oxidation sites excluding steroid dienone is 3. The molecular formula is C27H31N3O6. The molecule has 0 radical (unpaired) electrons. The SMILES string of the molecule is CN(C)c1cc(CN2CC=CCC2)c(O)c2c1CC1CC3CC(O)=C(C(N)=O)C(=O)C3C(O)=C1C2=O. The smallest absolute Gasteiger partial charge is 0.255 e. The molecule has 1 aromatic rings. The van der Waals surface area contributed by atoms with Gasteiger partial charge in [-0.2, -0.15) is 0 Å². The third kappa shape index (κ3) is 3.69. The first-order valence-corrected chi connectivity index (χ1v) is 12.3. The fraction of sp³-hybridized carbons (Fsp3) is 0.444. The predicted molar refractivity (Wildman–Crippen MR) is 133 cm³/mol. The molecule has 9 nitrogen and oxygen atoms in total. The van der Waals surface area contributed by atoms with Crippen LogP contribution in [-0.2, 0) is 22.6 Å². The molecule has 0 fully saturated rings. The highest BCUT2D eigenvalue weighted by Crippen LogP contribution is 2.51. The Hall–Kier alpha value is -3.59. The lowest BCUT2D eigenvalue weighted by atomic mass is 9.62. The molecule has 36 heavy (non-hydrogen) atoms. The molecule has 0 bridgehead atoms. The van der Waals surface area contributed by atoms with Gasteiger partial charge in [-0.05, 0) is 42.7 Å². The first-order valence-electron chi connectivity index (χ1n) is 12.3. The van der Waals surface area contributed by atoms with Crippen LogP contribution in [0.25, 0.3) is 0 Å². The number of phenolic OH excluding ortho intramolecular Hbond substituents is 1. The van der Waals surface area contributed by atoms with Crippen LogP contribution in [0, 0.1) is 17.8 Å². The monoisotopic (exact) mass is 493 g/mol. The van der Waals surface area contributed by atoms with Crippen molar-refractivity contribution in [3.8, 4) is 5.75 Å². The summed E-state index contributed by atoms with van der Waals surface area (Å²) in [6.45, 7) is 2.07. The van der Waals surface area contributed by atoms with E-state index in [0.29, 0.717) is 30.5 Å². The van der Waals surface area contributed by atoms with E-state index in [2.05, 4.69) is 17.1 Å². The molecule has 1 aliphatic heterocycles. The Balaban J connectivity index is 1.61. The Bertz CT molecular complexity index is 1270. The van der Waals surface area contributed by atoms with E-state index in [-0.39, 0.29) is 40.7 Å². The zero-order chi connectivity index (χ0) is 25.9. The zero-order valence-electron chi connectivity index (χ0n) is 20.5. The van der Waals surface area contributed by atoms with Gasteiger partial charge in [0.15, 0.2) is 11.6 Å². The average Bonchev–Trinajstić information content (AvgIpc) is 2.80. The van der Waals surface area contributed by atoms with Crippen LogP contribution in [0.15, 0.2) is 40.9 Å². The van der Waals surface area contributed by atoms with Gasteiger partial charge in [0.25, 0.3) is 5.91 Å². The van der Waals surface area contributed by atoms with Crippen LogP contribution in [0.2, 0.25) is 0 Å². The zero-order valence-corrected chi connectivity index (χ0v) is 20.5. The van der Waals surface area contributed by atoms with Gasteiger partial charge in [-0.3, -0.25) is 19.3 Å². The number of ketones is 2. The topological polar surface area (TPSA) is 144 Å². The molecule has 5 rings (SSSR count). The Morgan fingerprint density at radius 2 is 1.92 bits per heavy atom. The number of phenols is 1. The molecule has 4 aliphatic rings. The van der Waals surface area contributed by atoms with E-state index in [0.717, 1.165) is 25.2 Å². The largest absolute Gasteiger partial charge is 0.511 e. The van der Waals surface area contributed by atoms with Crippen LogP contribution < -0.4 is 10.6 Å². The quantitative estimate of drug-likeness (QED) is 0.369. The van der Waals surface area contributed by atoms with Crippen molar-refractivity contribution >= 4 is 23.2 Å². The van der Waals surface area contributed by atoms with E-state index < -0.39 is 34.9 Å². The molecule has 190 valence electrons. The summed E-state index contributed by atoms with van der Waals surface area (Å²) in [7, 11) is 3.77. The number of hydrogen-bond donors (Lipinski definition) is 4. The second-order valence-corrected chi connectivity index (χ2v) is 10.4. The number of benzene rings is 1. The number of Topliss-reactive ketones (excluding diaryl/α,β-unsaturated/α-hetero) is 2.